The van der Waals surface area contributed by atoms with Gasteiger partial charge < -0.3 is 10.3 Å². The van der Waals surface area contributed by atoms with E-state index in [0.29, 0.717) is 17.2 Å². The van der Waals surface area contributed by atoms with Crippen LogP contribution in [0.4, 0.5) is 11.5 Å². The van der Waals surface area contributed by atoms with Gasteiger partial charge in [-0.2, -0.15) is 5.10 Å². The average molecular weight is 228 g/mol. The number of aromatic amines is 2. The summed E-state index contributed by atoms with van der Waals surface area (Å²) in [6, 6.07) is 3.20. The lowest BCUT2D eigenvalue weighted by atomic mass is 10.3. The number of anilines is 2. The largest absolute Gasteiger partial charge is 0.339 e. The minimum absolute atomic E-state index is 0.174. The Hall–Kier alpha value is -2.70. The first-order valence-corrected chi connectivity index (χ1v) is 4.93. The molecule has 0 saturated carbocycles. The van der Waals surface area contributed by atoms with E-state index in [-0.39, 0.29) is 5.56 Å². The molecule has 0 bridgehead atoms. The molecule has 0 aliphatic carbocycles. The summed E-state index contributed by atoms with van der Waals surface area (Å²) >= 11 is 0. The molecule has 0 fully saturated rings. The topological polar surface area (TPSA) is 99.3 Å². The average Bonchev–Trinajstić information content (AvgIpc) is 2.78. The maximum atomic E-state index is 11.1. The van der Waals surface area contributed by atoms with Crippen molar-refractivity contribution in [2.24, 2.45) is 0 Å². The quantitative estimate of drug-likeness (QED) is 0.602. The van der Waals surface area contributed by atoms with E-state index in [1.54, 1.807) is 18.5 Å². The molecule has 3 aromatic rings. The molecule has 84 valence electrons. The lowest BCUT2D eigenvalue weighted by Crippen LogP contribution is -2.04. The monoisotopic (exact) mass is 228 g/mol. The Balaban J connectivity index is 2.05. The molecule has 0 radical (unpaired) electrons. The molecule has 7 heteroatoms. The Labute approximate surface area is 94.9 Å². The predicted molar refractivity (Wildman–Crippen MR) is 62.0 cm³/mol. The van der Waals surface area contributed by atoms with Gasteiger partial charge in [0, 0.05) is 18.0 Å². The van der Waals surface area contributed by atoms with Crippen LogP contribution in [0.25, 0.3) is 11.0 Å². The molecule has 17 heavy (non-hydrogen) atoms. The van der Waals surface area contributed by atoms with Crippen LogP contribution < -0.4 is 10.9 Å². The minimum Gasteiger partial charge on any atom is -0.339 e. The van der Waals surface area contributed by atoms with Gasteiger partial charge in [-0.05, 0) is 6.07 Å². The summed E-state index contributed by atoms with van der Waals surface area (Å²) in [5, 5.41) is 10.4. The first-order valence-electron chi connectivity index (χ1n) is 4.93. The van der Waals surface area contributed by atoms with Crippen LogP contribution in [0.3, 0.4) is 0 Å². The highest BCUT2D eigenvalue weighted by Crippen LogP contribution is 2.19. The molecule has 3 aromatic heterocycles. The Morgan fingerprint density at radius 1 is 1.29 bits per heavy atom. The Kier molecular flexibility index (Phi) is 2.08. The number of hydrogen-bond acceptors (Lipinski definition) is 5. The van der Waals surface area contributed by atoms with Crippen molar-refractivity contribution in [1.29, 1.82) is 0 Å². The van der Waals surface area contributed by atoms with Crippen molar-refractivity contribution in [2.75, 3.05) is 5.32 Å². The third kappa shape index (κ3) is 1.73. The highest BCUT2D eigenvalue weighted by molar-refractivity contribution is 5.87. The fourth-order valence-corrected chi connectivity index (χ4v) is 1.52. The molecule has 0 spiro atoms. The maximum absolute atomic E-state index is 11.1. The number of pyridine rings is 1. The van der Waals surface area contributed by atoms with Crippen LogP contribution >= 0.6 is 0 Å². The molecule has 3 rings (SSSR count). The second-order valence-electron chi connectivity index (χ2n) is 3.42. The Morgan fingerprint density at radius 2 is 2.24 bits per heavy atom. The summed E-state index contributed by atoms with van der Waals surface area (Å²) in [6.45, 7) is 0. The molecule has 3 N–H and O–H groups in total. The van der Waals surface area contributed by atoms with Gasteiger partial charge in [0.15, 0.2) is 5.65 Å². The standard InChI is InChI=1S/C10H8N6O/c17-8-3-6(1-2-11-8)15-9-7-4-14-16-10(7)13-5-12-9/h1-5H,(H3,11,12,13,14,15,16,17). The van der Waals surface area contributed by atoms with Crippen molar-refractivity contribution in [1.82, 2.24) is 25.1 Å². The van der Waals surface area contributed by atoms with E-state index in [1.807, 2.05) is 0 Å². The summed E-state index contributed by atoms with van der Waals surface area (Å²) in [6.07, 6.45) is 4.62. The van der Waals surface area contributed by atoms with Gasteiger partial charge in [-0.15, -0.1) is 0 Å². The van der Waals surface area contributed by atoms with Crippen molar-refractivity contribution in [3.8, 4) is 0 Å². The summed E-state index contributed by atoms with van der Waals surface area (Å²) in [7, 11) is 0. The fraction of sp³-hybridized carbons (Fsp3) is 0. The van der Waals surface area contributed by atoms with Crippen LogP contribution in [0.15, 0.2) is 35.6 Å². The van der Waals surface area contributed by atoms with Gasteiger partial charge in [-0.25, -0.2) is 9.97 Å². The van der Waals surface area contributed by atoms with Crippen LogP contribution in [0.5, 0.6) is 0 Å². The molecule has 0 aromatic carbocycles. The summed E-state index contributed by atoms with van der Waals surface area (Å²) < 4.78 is 0. The molecule has 0 aliphatic heterocycles. The number of nitrogens with one attached hydrogen (secondary N) is 3. The van der Waals surface area contributed by atoms with Crippen molar-refractivity contribution >= 4 is 22.5 Å². The fourth-order valence-electron chi connectivity index (χ4n) is 1.52. The summed E-state index contributed by atoms with van der Waals surface area (Å²) in [5.41, 5.74) is 1.13. The van der Waals surface area contributed by atoms with Crippen molar-refractivity contribution in [2.45, 2.75) is 0 Å². The van der Waals surface area contributed by atoms with Crippen molar-refractivity contribution in [3.63, 3.8) is 0 Å². The van der Waals surface area contributed by atoms with Gasteiger partial charge in [0.2, 0.25) is 5.56 Å². The smallest absolute Gasteiger partial charge is 0.249 e. The number of nitrogens with zero attached hydrogens (tertiary/aromatic N) is 3. The first kappa shape index (κ1) is 9.52. The van der Waals surface area contributed by atoms with E-state index >= 15 is 0 Å². The third-order valence-electron chi connectivity index (χ3n) is 2.29. The highest BCUT2D eigenvalue weighted by Gasteiger charge is 2.05. The number of H-pyrrole nitrogens is 2. The van der Waals surface area contributed by atoms with Gasteiger partial charge in [-0.3, -0.25) is 9.89 Å². The van der Waals surface area contributed by atoms with E-state index in [1.165, 1.54) is 12.4 Å². The van der Waals surface area contributed by atoms with E-state index in [4.69, 9.17) is 0 Å². The normalized spacial score (nSPS) is 10.6. The molecule has 0 unspecified atom stereocenters. The minimum atomic E-state index is -0.174. The lowest BCUT2D eigenvalue weighted by Gasteiger charge is -2.04. The second kappa shape index (κ2) is 3.71. The van der Waals surface area contributed by atoms with Crippen LogP contribution in [0, 0.1) is 0 Å². The SMILES string of the molecule is O=c1cc(Nc2ncnc3[nH]ncc23)cc[nH]1. The third-order valence-corrected chi connectivity index (χ3v) is 2.29. The number of aromatic nitrogens is 5. The Bertz CT molecular complexity index is 716. The highest BCUT2D eigenvalue weighted by atomic mass is 16.1. The molecule has 0 aliphatic rings. The zero-order valence-corrected chi connectivity index (χ0v) is 8.64. The second-order valence-corrected chi connectivity index (χ2v) is 3.42. The van der Waals surface area contributed by atoms with Crippen LogP contribution in [-0.2, 0) is 0 Å². The number of hydrogen-bond donors (Lipinski definition) is 3. The number of rotatable bonds is 2. The maximum Gasteiger partial charge on any atom is 0.249 e. The van der Waals surface area contributed by atoms with E-state index in [9.17, 15) is 4.79 Å². The molecule has 0 saturated heterocycles. The van der Waals surface area contributed by atoms with Crippen molar-refractivity contribution in [3.05, 3.63) is 41.2 Å². The zero-order chi connectivity index (χ0) is 11.7. The molecule has 0 atom stereocenters. The van der Waals surface area contributed by atoms with E-state index < -0.39 is 0 Å². The molecule has 0 amide bonds. The summed E-state index contributed by atoms with van der Waals surface area (Å²) in [4.78, 5) is 21.8. The van der Waals surface area contributed by atoms with E-state index in [0.717, 1.165) is 5.39 Å². The van der Waals surface area contributed by atoms with Crippen LogP contribution in [0.1, 0.15) is 0 Å². The van der Waals surface area contributed by atoms with Crippen LogP contribution in [0.2, 0.25) is 0 Å². The van der Waals surface area contributed by atoms with E-state index in [2.05, 4.69) is 30.5 Å². The van der Waals surface area contributed by atoms with Gasteiger partial charge in [0.1, 0.15) is 12.1 Å². The molecule has 7 nitrogen and oxygen atoms in total. The Morgan fingerprint density at radius 3 is 3.12 bits per heavy atom. The van der Waals surface area contributed by atoms with Gasteiger partial charge in [0.05, 0.1) is 11.6 Å². The van der Waals surface area contributed by atoms with Gasteiger partial charge >= 0.3 is 0 Å². The van der Waals surface area contributed by atoms with Crippen molar-refractivity contribution < 1.29 is 0 Å². The number of fused-ring (bicyclic) bond motifs is 1. The predicted octanol–water partition coefficient (Wildman–Crippen LogP) is 0.785. The van der Waals surface area contributed by atoms with Gasteiger partial charge in [-0.1, -0.05) is 0 Å². The first-order chi connectivity index (χ1) is 8.33. The lowest BCUT2D eigenvalue weighted by molar-refractivity contribution is 1.09. The molecular formula is C10H8N6O. The van der Waals surface area contributed by atoms with Crippen LogP contribution in [-0.4, -0.2) is 25.1 Å². The summed E-state index contributed by atoms with van der Waals surface area (Å²) in [5.74, 6) is 0.606. The molecule has 3 heterocycles. The van der Waals surface area contributed by atoms with Gasteiger partial charge in [0.25, 0.3) is 0 Å². The zero-order valence-electron chi connectivity index (χ0n) is 8.64. The molecular weight excluding hydrogens is 220 g/mol.